The fourth-order valence-corrected chi connectivity index (χ4v) is 1.85. The Labute approximate surface area is 140 Å². The molecule has 0 aromatic rings. The molecular weight excluding hydrogens is 387 g/mol. The molecule has 0 spiro atoms. The molecule has 2 amide bonds. The van der Waals surface area contributed by atoms with E-state index < -0.39 is 0 Å². The van der Waals surface area contributed by atoms with E-state index in [1.165, 1.54) is 0 Å². The second kappa shape index (κ2) is 14.5. The average Bonchev–Trinajstić information content (AvgIpc) is 2.48. The Bertz CT molecular complexity index is 290. The third-order valence-corrected chi connectivity index (χ3v) is 3.41. The van der Waals surface area contributed by atoms with Crippen molar-refractivity contribution in [2.45, 2.75) is 26.7 Å². The zero-order valence-corrected chi connectivity index (χ0v) is 15.1. The molecule has 0 rings (SSSR count). The molecule has 0 saturated heterocycles. The first-order chi connectivity index (χ1) is 10.1. The Morgan fingerprint density at radius 2 is 1.62 bits per heavy atom. The molecular formula is C14H27IN2O4. The Morgan fingerprint density at radius 1 is 1.05 bits per heavy atom. The Morgan fingerprint density at radius 3 is 2.14 bits per heavy atom. The van der Waals surface area contributed by atoms with E-state index >= 15 is 0 Å². The molecule has 7 heteroatoms. The first kappa shape index (κ1) is 20.6. The molecule has 0 aliphatic rings. The summed E-state index contributed by atoms with van der Waals surface area (Å²) in [6.07, 6.45) is 1.39. The van der Waals surface area contributed by atoms with Crippen LogP contribution in [0.3, 0.4) is 0 Å². The lowest BCUT2D eigenvalue weighted by Gasteiger charge is -2.10. The Hall–Kier alpha value is -0.410. The van der Waals surface area contributed by atoms with Gasteiger partial charge >= 0.3 is 0 Å². The largest absolute Gasteiger partial charge is 0.377 e. The van der Waals surface area contributed by atoms with Crippen molar-refractivity contribution < 1.29 is 19.1 Å². The summed E-state index contributed by atoms with van der Waals surface area (Å²) in [7, 11) is 0. The molecule has 0 aliphatic carbocycles. The number of halogens is 1. The number of ether oxygens (including phenoxy) is 2. The molecule has 0 bridgehead atoms. The van der Waals surface area contributed by atoms with Crippen LogP contribution in [-0.4, -0.2) is 55.8 Å². The molecule has 2 N–H and O–H groups in total. The van der Waals surface area contributed by atoms with Crippen molar-refractivity contribution in [3.8, 4) is 0 Å². The number of carbonyl (C=O) groups excluding carboxylic acids is 2. The standard InChI is InChI=1S/C14H27IN2O4/c1-3-12(2)14(19)17-7-9-21-11-10-20-8-6-16-13(18)4-5-15/h12H,3-11H2,1-2H3,(H,16,18)(H,17,19). The molecule has 0 saturated carbocycles. The average molecular weight is 414 g/mol. The summed E-state index contributed by atoms with van der Waals surface area (Å²) < 4.78 is 11.5. The SMILES string of the molecule is CCC(C)C(=O)NCCOCCOCCNC(=O)CCI. The van der Waals surface area contributed by atoms with E-state index in [4.69, 9.17) is 9.47 Å². The van der Waals surface area contributed by atoms with Gasteiger partial charge in [0.05, 0.1) is 26.4 Å². The number of hydrogen-bond acceptors (Lipinski definition) is 4. The second-order valence-corrected chi connectivity index (χ2v) is 5.69. The predicted octanol–water partition coefficient (Wildman–Crippen LogP) is 1.12. The summed E-state index contributed by atoms with van der Waals surface area (Å²) >= 11 is 2.17. The molecule has 21 heavy (non-hydrogen) atoms. The molecule has 1 unspecified atom stereocenters. The monoisotopic (exact) mass is 414 g/mol. The number of carbonyl (C=O) groups is 2. The van der Waals surface area contributed by atoms with Crippen LogP contribution in [0.15, 0.2) is 0 Å². The lowest BCUT2D eigenvalue weighted by Crippen LogP contribution is -2.32. The van der Waals surface area contributed by atoms with Crippen LogP contribution in [0.1, 0.15) is 26.7 Å². The van der Waals surface area contributed by atoms with Crippen LogP contribution < -0.4 is 10.6 Å². The first-order valence-electron chi connectivity index (χ1n) is 7.37. The zero-order chi connectivity index (χ0) is 15.9. The van der Waals surface area contributed by atoms with Gasteiger partial charge in [-0.25, -0.2) is 0 Å². The molecule has 0 radical (unpaired) electrons. The van der Waals surface area contributed by atoms with E-state index in [-0.39, 0.29) is 17.7 Å². The van der Waals surface area contributed by atoms with Crippen LogP contribution in [0.2, 0.25) is 0 Å². The van der Waals surface area contributed by atoms with Gasteiger partial charge in [-0.3, -0.25) is 9.59 Å². The van der Waals surface area contributed by atoms with Crippen molar-refractivity contribution in [3.05, 3.63) is 0 Å². The van der Waals surface area contributed by atoms with Gasteiger partial charge in [0.25, 0.3) is 0 Å². The van der Waals surface area contributed by atoms with Gasteiger partial charge in [-0.2, -0.15) is 0 Å². The van der Waals surface area contributed by atoms with E-state index in [1.807, 2.05) is 13.8 Å². The van der Waals surface area contributed by atoms with E-state index in [2.05, 4.69) is 33.2 Å². The number of nitrogens with one attached hydrogen (secondary N) is 2. The summed E-state index contributed by atoms with van der Waals surface area (Å²) in [4.78, 5) is 22.6. The van der Waals surface area contributed by atoms with Crippen LogP contribution in [-0.2, 0) is 19.1 Å². The van der Waals surface area contributed by atoms with Crippen LogP contribution in [0.4, 0.5) is 0 Å². The maximum absolute atomic E-state index is 11.5. The summed E-state index contributed by atoms with van der Waals surface area (Å²) in [6.45, 7) is 6.89. The zero-order valence-electron chi connectivity index (χ0n) is 13.0. The Balaban J connectivity index is 3.23. The van der Waals surface area contributed by atoms with Crippen LogP contribution in [0.25, 0.3) is 0 Å². The van der Waals surface area contributed by atoms with E-state index in [9.17, 15) is 9.59 Å². The van der Waals surface area contributed by atoms with Crippen molar-refractivity contribution in [1.29, 1.82) is 0 Å². The van der Waals surface area contributed by atoms with Crippen molar-refractivity contribution in [3.63, 3.8) is 0 Å². The molecule has 124 valence electrons. The topological polar surface area (TPSA) is 76.7 Å². The van der Waals surface area contributed by atoms with E-state index in [0.29, 0.717) is 45.9 Å². The molecule has 0 aliphatic heterocycles. The third kappa shape index (κ3) is 13.0. The van der Waals surface area contributed by atoms with E-state index in [0.717, 1.165) is 10.8 Å². The number of rotatable bonds is 13. The minimum atomic E-state index is 0.0516. The molecule has 0 aromatic heterocycles. The quantitative estimate of drug-likeness (QED) is 0.269. The minimum Gasteiger partial charge on any atom is -0.377 e. The van der Waals surface area contributed by atoms with Crippen LogP contribution >= 0.6 is 22.6 Å². The highest BCUT2D eigenvalue weighted by Crippen LogP contribution is 1.98. The van der Waals surface area contributed by atoms with Crippen molar-refractivity contribution in [2.24, 2.45) is 5.92 Å². The Kier molecular flexibility index (Phi) is 14.2. The van der Waals surface area contributed by atoms with Crippen molar-refractivity contribution >= 4 is 34.4 Å². The molecule has 0 fully saturated rings. The van der Waals surface area contributed by atoms with Gasteiger partial charge in [-0.1, -0.05) is 36.4 Å². The van der Waals surface area contributed by atoms with E-state index in [1.54, 1.807) is 0 Å². The lowest BCUT2D eigenvalue weighted by molar-refractivity contribution is -0.125. The highest BCUT2D eigenvalue weighted by molar-refractivity contribution is 14.1. The first-order valence-corrected chi connectivity index (χ1v) is 8.90. The summed E-state index contributed by atoms with van der Waals surface area (Å²) in [5, 5.41) is 5.58. The maximum Gasteiger partial charge on any atom is 0.222 e. The fraction of sp³-hybridized carbons (Fsp3) is 0.857. The highest BCUT2D eigenvalue weighted by Gasteiger charge is 2.08. The maximum atomic E-state index is 11.5. The van der Waals surface area contributed by atoms with Gasteiger partial charge in [-0.05, 0) is 6.42 Å². The van der Waals surface area contributed by atoms with Crippen LogP contribution in [0.5, 0.6) is 0 Å². The van der Waals surface area contributed by atoms with Gasteiger partial charge in [0, 0.05) is 29.9 Å². The van der Waals surface area contributed by atoms with Crippen molar-refractivity contribution in [1.82, 2.24) is 10.6 Å². The normalized spacial score (nSPS) is 12.0. The third-order valence-electron chi connectivity index (χ3n) is 2.87. The van der Waals surface area contributed by atoms with Gasteiger partial charge < -0.3 is 20.1 Å². The fourth-order valence-electron chi connectivity index (χ4n) is 1.36. The number of amides is 2. The van der Waals surface area contributed by atoms with Crippen LogP contribution in [0, 0.1) is 5.92 Å². The minimum absolute atomic E-state index is 0.0516. The molecule has 0 heterocycles. The van der Waals surface area contributed by atoms with Gasteiger partial charge in [0.15, 0.2) is 0 Å². The summed E-state index contributed by atoms with van der Waals surface area (Å²) in [6, 6.07) is 0. The molecule has 0 aromatic carbocycles. The summed E-state index contributed by atoms with van der Waals surface area (Å²) in [5.74, 6) is 0.177. The number of alkyl halides is 1. The molecule has 1 atom stereocenters. The predicted molar refractivity (Wildman–Crippen MR) is 90.6 cm³/mol. The van der Waals surface area contributed by atoms with Gasteiger partial charge in [0.2, 0.25) is 11.8 Å². The molecule has 6 nitrogen and oxygen atoms in total. The van der Waals surface area contributed by atoms with Gasteiger partial charge in [0.1, 0.15) is 0 Å². The summed E-state index contributed by atoms with van der Waals surface area (Å²) in [5.41, 5.74) is 0. The lowest BCUT2D eigenvalue weighted by atomic mass is 10.1. The smallest absolute Gasteiger partial charge is 0.222 e. The second-order valence-electron chi connectivity index (χ2n) is 4.61. The highest BCUT2D eigenvalue weighted by atomic mass is 127. The van der Waals surface area contributed by atoms with Crippen molar-refractivity contribution in [2.75, 3.05) is 43.9 Å². The van der Waals surface area contributed by atoms with Gasteiger partial charge in [-0.15, -0.1) is 0 Å². The number of hydrogen-bond donors (Lipinski definition) is 2.